The molecule has 0 amide bonds. The number of hydrogen-bond acceptors (Lipinski definition) is 1. The molecule has 1 heteroatoms. The van der Waals surface area contributed by atoms with Crippen molar-refractivity contribution in [2.45, 2.75) is 65.4 Å². The summed E-state index contributed by atoms with van der Waals surface area (Å²) in [6.07, 6.45) is 6.38. The SMILES string of the molecule is CC(C)C1CCC(CC(C)(C)O)CC1. The standard InChI is InChI=1S/C13H26O/c1-10(2)12-7-5-11(6-8-12)9-13(3,4)14/h10-12,14H,5-9H2,1-4H3. The summed E-state index contributed by atoms with van der Waals surface area (Å²) in [5.74, 6) is 2.55. The molecule has 1 nitrogen and oxygen atoms in total. The van der Waals surface area contributed by atoms with Gasteiger partial charge in [0.1, 0.15) is 0 Å². The molecule has 1 aliphatic carbocycles. The Morgan fingerprint density at radius 3 is 2.00 bits per heavy atom. The lowest BCUT2D eigenvalue weighted by Gasteiger charge is -2.33. The van der Waals surface area contributed by atoms with Crippen LogP contribution >= 0.6 is 0 Å². The average Bonchev–Trinajstić information content (AvgIpc) is 2.02. The Labute approximate surface area is 88.9 Å². The van der Waals surface area contributed by atoms with Gasteiger partial charge in [-0.05, 0) is 50.9 Å². The highest BCUT2D eigenvalue weighted by Gasteiger charge is 2.26. The van der Waals surface area contributed by atoms with E-state index in [1.165, 1.54) is 25.7 Å². The van der Waals surface area contributed by atoms with Crippen LogP contribution in [0.1, 0.15) is 59.8 Å². The Morgan fingerprint density at radius 1 is 1.14 bits per heavy atom. The van der Waals surface area contributed by atoms with E-state index >= 15 is 0 Å². The van der Waals surface area contributed by atoms with Gasteiger partial charge in [0, 0.05) is 0 Å². The highest BCUT2D eigenvalue weighted by Crippen LogP contribution is 2.36. The van der Waals surface area contributed by atoms with Gasteiger partial charge >= 0.3 is 0 Å². The lowest BCUT2D eigenvalue weighted by atomic mass is 9.74. The van der Waals surface area contributed by atoms with Gasteiger partial charge in [0.25, 0.3) is 0 Å². The van der Waals surface area contributed by atoms with Crippen LogP contribution in [0.2, 0.25) is 0 Å². The molecule has 0 heterocycles. The van der Waals surface area contributed by atoms with Crippen LogP contribution in [0.4, 0.5) is 0 Å². The molecule has 1 rings (SSSR count). The number of hydrogen-bond donors (Lipinski definition) is 1. The lowest BCUT2D eigenvalue weighted by Crippen LogP contribution is -2.27. The van der Waals surface area contributed by atoms with Crippen molar-refractivity contribution in [3.8, 4) is 0 Å². The van der Waals surface area contributed by atoms with E-state index in [0.717, 1.165) is 24.2 Å². The third kappa shape index (κ3) is 4.00. The third-order valence-electron chi connectivity index (χ3n) is 3.62. The van der Waals surface area contributed by atoms with E-state index < -0.39 is 5.60 Å². The normalized spacial score (nSPS) is 29.6. The maximum atomic E-state index is 9.74. The fraction of sp³-hybridized carbons (Fsp3) is 1.00. The Balaban J connectivity index is 2.29. The Bertz CT molecular complexity index is 159. The molecular formula is C13H26O. The predicted octanol–water partition coefficient (Wildman–Crippen LogP) is 3.61. The minimum Gasteiger partial charge on any atom is -0.390 e. The summed E-state index contributed by atoms with van der Waals surface area (Å²) in [6.45, 7) is 8.53. The summed E-state index contributed by atoms with van der Waals surface area (Å²) >= 11 is 0. The molecule has 84 valence electrons. The molecule has 0 aliphatic heterocycles. The van der Waals surface area contributed by atoms with Gasteiger partial charge in [0.2, 0.25) is 0 Å². The van der Waals surface area contributed by atoms with E-state index in [0.29, 0.717) is 0 Å². The molecule has 1 N–H and O–H groups in total. The maximum absolute atomic E-state index is 9.74. The van der Waals surface area contributed by atoms with Gasteiger partial charge in [0.15, 0.2) is 0 Å². The molecule has 1 saturated carbocycles. The van der Waals surface area contributed by atoms with Crippen molar-refractivity contribution in [2.24, 2.45) is 17.8 Å². The smallest absolute Gasteiger partial charge is 0.0594 e. The average molecular weight is 198 g/mol. The van der Waals surface area contributed by atoms with E-state index in [2.05, 4.69) is 13.8 Å². The first kappa shape index (κ1) is 12.0. The van der Waals surface area contributed by atoms with E-state index in [4.69, 9.17) is 0 Å². The van der Waals surface area contributed by atoms with Crippen molar-refractivity contribution >= 4 is 0 Å². The number of aliphatic hydroxyl groups is 1. The highest BCUT2D eigenvalue weighted by molar-refractivity contribution is 4.79. The van der Waals surface area contributed by atoms with Crippen molar-refractivity contribution in [2.75, 3.05) is 0 Å². The summed E-state index contributed by atoms with van der Waals surface area (Å²) in [5, 5.41) is 9.74. The monoisotopic (exact) mass is 198 g/mol. The van der Waals surface area contributed by atoms with Crippen molar-refractivity contribution in [1.82, 2.24) is 0 Å². The van der Waals surface area contributed by atoms with E-state index in [1.54, 1.807) is 0 Å². The summed E-state index contributed by atoms with van der Waals surface area (Å²) in [4.78, 5) is 0. The zero-order chi connectivity index (χ0) is 10.8. The zero-order valence-electron chi connectivity index (χ0n) is 10.2. The number of rotatable bonds is 3. The summed E-state index contributed by atoms with van der Waals surface area (Å²) in [5.41, 5.74) is -0.463. The summed E-state index contributed by atoms with van der Waals surface area (Å²) < 4.78 is 0. The van der Waals surface area contributed by atoms with Crippen molar-refractivity contribution in [1.29, 1.82) is 0 Å². The van der Waals surface area contributed by atoms with Gasteiger partial charge in [0.05, 0.1) is 5.60 Å². The Hall–Kier alpha value is -0.0400. The second-order valence-corrected chi connectivity index (χ2v) is 6.04. The molecule has 0 spiro atoms. The van der Waals surface area contributed by atoms with Gasteiger partial charge < -0.3 is 5.11 Å². The first-order valence-electron chi connectivity index (χ1n) is 6.11. The molecule has 0 aromatic rings. The van der Waals surface area contributed by atoms with E-state index in [1.807, 2.05) is 13.8 Å². The fourth-order valence-corrected chi connectivity index (χ4v) is 2.77. The van der Waals surface area contributed by atoms with Crippen LogP contribution in [-0.2, 0) is 0 Å². The topological polar surface area (TPSA) is 20.2 Å². The second-order valence-electron chi connectivity index (χ2n) is 6.04. The minimum atomic E-state index is -0.463. The largest absolute Gasteiger partial charge is 0.390 e. The van der Waals surface area contributed by atoms with Gasteiger partial charge in [-0.1, -0.05) is 26.7 Å². The van der Waals surface area contributed by atoms with Crippen LogP contribution in [0.3, 0.4) is 0 Å². The summed E-state index contributed by atoms with van der Waals surface area (Å²) in [7, 11) is 0. The van der Waals surface area contributed by atoms with Crippen LogP contribution in [0, 0.1) is 17.8 Å². The first-order chi connectivity index (χ1) is 6.38. The Kier molecular flexibility index (Phi) is 4.00. The molecule has 1 aliphatic rings. The molecule has 14 heavy (non-hydrogen) atoms. The van der Waals surface area contributed by atoms with Crippen molar-refractivity contribution in [3.05, 3.63) is 0 Å². The first-order valence-corrected chi connectivity index (χ1v) is 6.11. The quantitative estimate of drug-likeness (QED) is 0.734. The molecule has 0 unspecified atom stereocenters. The van der Waals surface area contributed by atoms with Gasteiger partial charge in [-0.3, -0.25) is 0 Å². The summed E-state index contributed by atoms with van der Waals surface area (Å²) in [6, 6.07) is 0. The van der Waals surface area contributed by atoms with E-state index in [9.17, 15) is 5.11 Å². The minimum absolute atomic E-state index is 0.463. The second kappa shape index (κ2) is 4.65. The molecular weight excluding hydrogens is 172 g/mol. The van der Waals surface area contributed by atoms with Crippen molar-refractivity contribution < 1.29 is 5.11 Å². The van der Waals surface area contributed by atoms with E-state index in [-0.39, 0.29) is 0 Å². The Morgan fingerprint density at radius 2 is 1.64 bits per heavy atom. The van der Waals surface area contributed by atoms with Crippen LogP contribution in [-0.4, -0.2) is 10.7 Å². The molecule has 0 bridgehead atoms. The molecule has 0 aromatic carbocycles. The molecule has 0 atom stereocenters. The van der Waals surface area contributed by atoms with Crippen LogP contribution in [0.25, 0.3) is 0 Å². The third-order valence-corrected chi connectivity index (χ3v) is 3.62. The fourth-order valence-electron chi connectivity index (χ4n) is 2.77. The predicted molar refractivity (Wildman–Crippen MR) is 61.2 cm³/mol. The lowest BCUT2D eigenvalue weighted by molar-refractivity contribution is 0.0403. The molecule has 0 aromatic heterocycles. The van der Waals surface area contributed by atoms with Gasteiger partial charge in [-0.15, -0.1) is 0 Å². The maximum Gasteiger partial charge on any atom is 0.0594 e. The molecule has 1 fully saturated rings. The van der Waals surface area contributed by atoms with Crippen LogP contribution in [0.5, 0.6) is 0 Å². The van der Waals surface area contributed by atoms with Crippen LogP contribution in [0.15, 0.2) is 0 Å². The van der Waals surface area contributed by atoms with Crippen LogP contribution < -0.4 is 0 Å². The molecule has 0 radical (unpaired) electrons. The van der Waals surface area contributed by atoms with Gasteiger partial charge in [-0.25, -0.2) is 0 Å². The van der Waals surface area contributed by atoms with Gasteiger partial charge in [-0.2, -0.15) is 0 Å². The van der Waals surface area contributed by atoms with Crippen molar-refractivity contribution in [3.63, 3.8) is 0 Å². The highest BCUT2D eigenvalue weighted by atomic mass is 16.3. The molecule has 0 saturated heterocycles. The zero-order valence-corrected chi connectivity index (χ0v) is 10.2.